The summed E-state index contributed by atoms with van der Waals surface area (Å²) in [5.41, 5.74) is 1.79. The van der Waals surface area contributed by atoms with E-state index < -0.39 is 9.84 Å². The van der Waals surface area contributed by atoms with Gasteiger partial charge in [0, 0.05) is 30.9 Å². The van der Waals surface area contributed by atoms with E-state index in [4.69, 9.17) is 0 Å². The van der Waals surface area contributed by atoms with Crippen LogP contribution in [0.1, 0.15) is 16.8 Å². The number of sulfone groups is 1. The fourth-order valence-corrected chi connectivity index (χ4v) is 5.17. The summed E-state index contributed by atoms with van der Waals surface area (Å²) in [5, 5.41) is 3.83. The van der Waals surface area contributed by atoms with Crippen molar-refractivity contribution in [3.05, 3.63) is 60.4 Å². The Kier molecular flexibility index (Phi) is 4.72. The van der Waals surface area contributed by atoms with Gasteiger partial charge in [0.25, 0.3) is 5.91 Å². The highest BCUT2D eigenvalue weighted by Crippen LogP contribution is 2.23. The van der Waals surface area contributed by atoms with Crippen molar-refractivity contribution in [1.29, 1.82) is 0 Å². The van der Waals surface area contributed by atoms with Crippen LogP contribution in [0.25, 0.3) is 10.9 Å². The molecule has 144 valence electrons. The molecule has 8 heteroatoms. The first-order valence-electron chi connectivity index (χ1n) is 8.97. The second-order valence-corrected chi connectivity index (χ2v) is 9.14. The predicted molar refractivity (Wildman–Crippen MR) is 109 cm³/mol. The number of anilines is 2. The summed E-state index contributed by atoms with van der Waals surface area (Å²) in [6, 6.07) is 12.7. The van der Waals surface area contributed by atoms with Crippen LogP contribution >= 0.6 is 0 Å². The highest BCUT2D eigenvalue weighted by molar-refractivity contribution is 7.91. The molecule has 0 saturated carbocycles. The zero-order chi connectivity index (χ0) is 19.7. The van der Waals surface area contributed by atoms with Gasteiger partial charge in [0.2, 0.25) is 0 Å². The van der Waals surface area contributed by atoms with Crippen LogP contribution in [0.4, 0.5) is 11.5 Å². The number of nitrogens with zero attached hydrogens (tertiary/aromatic N) is 3. The van der Waals surface area contributed by atoms with Crippen LogP contribution < -0.4 is 10.2 Å². The smallest absolute Gasteiger partial charge is 0.257 e. The molecule has 1 unspecified atom stereocenters. The zero-order valence-corrected chi connectivity index (χ0v) is 16.2. The van der Waals surface area contributed by atoms with Crippen LogP contribution in [0.2, 0.25) is 0 Å². The Bertz CT molecular complexity index is 1120. The third-order valence-corrected chi connectivity index (χ3v) is 6.76. The third kappa shape index (κ3) is 3.68. The molecule has 1 aromatic carbocycles. The lowest BCUT2D eigenvalue weighted by Crippen LogP contribution is -2.33. The molecule has 4 rings (SSSR count). The maximum Gasteiger partial charge on any atom is 0.257 e. The van der Waals surface area contributed by atoms with E-state index in [-0.39, 0.29) is 23.5 Å². The number of para-hydroxylation sites is 1. The Hall–Kier alpha value is -3.00. The normalized spacial score (nSPS) is 18.1. The molecule has 1 amide bonds. The molecule has 0 spiro atoms. The Labute approximate surface area is 163 Å². The number of hydrogen-bond acceptors (Lipinski definition) is 6. The van der Waals surface area contributed by atoms with Crippen molar-refractivity contribution in [2.24, 2.45) is 0 Å². The Morgan fingerprint density at radius 3 is 2.68 bits per heavy atom. The van der Waals surface area contributed by atoms with E-state index in [0.29, 0.717) is 23.5 Å². The lowest BCUT2D eigenvalue weighted by molar-refractivity contribution is 0.102. The van der Waals surface area contributed by atoms with E-state index in [9.17, 15) is 13.2 Å². The molecule has 0 radical (unpaired) electrons. The average molecular weight is 396 g/mol. The van der Waals surface area contributed by atoms with Crippen LogP contribution in [-0.2, 0) is 9.84 Å². The van der Waals surface area contributed by atoms with Gasteiger partial charge in [-0.2, -0.15) is 0 Å². The van der Waals surface area contributed by atoms with E-state index in [1.165, 1.54) is 6.20 Å². The summed E-state index contributed by atoms with van der Waals surface area (Å²) in [7, 11) is -1.13. The number of nitrogens with one attached hydrogen (secondary N) is 1. The summed E-state index contributed by atoms with van der Waals surface area (Å²) < 4.78 is 23.4. The van der Waals surface area contributed by atoms with Gasteiger partial charge in [-0.05, 0) is 30.7 Å². The minimum Gasteiger partial charge on any atom is -0.356 e. The van der Waals surface area contributed by atoms with E-state index in [0.717, 1.165) is 10.9 Å². The Morgan fingerprint density at radius 2 is 1.96 bits per heavy atom. The molecule has 7 nitrogen and oxygen atoms in total. The molecular weight excluding hydrogens is 376 g/mol. The molecule has 1 aliphatic heterocycles. The number of aromatic nitrogens is 2. The number of rotatable bonds is 4. The van der Waals surface area contributed by atoms with Gasteiger partial charge in [-0.1, -0.05) is 18.2 Å². The van der Waals surface area contributed by atoms with E-state index in [1.807, 2.05) is 42.3 Å². The number of carbonyl (C=O) groups excluding carboxylic acids is 1. The van der Waals surface area contributed by atoms with Crippen molar-refractivity contribution >= 4 is 38.2 Å². The van der Waals surface area contributed by atoms with Crippen molar-refractivity contribution in [1.82, 2.24) is 9.97 Å². The first kappa shape index (κ1) is 18.4. The molecule has 1 fully saturated rings. The standard InChI is InChI=1S/C20H20N4O3S/c1-24(16-9-11-28(26,27)13-16)18-8-7-15(12-22-18)20(25)23-17-6-2-4-14-5-3-10-21-19(14)17/h2-8,10,12,16H,9,11,13H2,1H3,(H,23,25). The number of benzene rings is 1. The fraction of sp³-hybridized carbons (Fsp3) is 0.250. The fourth-order valence-electron chi connectivity index (χ4n) is 3.40. The molecule has 0 bridgehead atoms. The monoisotopic (exact) mass is 396 g/mol. The van der Waals surface area contributed by atoms with Crippen molar-refractivity contribution in [3.63, 3.8) is 0 Å². The number of pyridine rings is 2. The van der Waals surface area contributed by atoms with E-state index in [2.05, 4.69) is 15.3 Å². The van der Waals surface area contributed by atoms with Crippen LogP contribution in [0, 0.1) is 0 Å². The van der Waals surface area contributed by atoms with Gasteiger partial charge in [0.05, 0.1) is 28.3 Å². The van der Waals surface area contributed by atoms with Gasteiger partial charge < -0.3 is 10.2 Å². The first-order chi connectivity index (χ1) is 13.4. The molecule has 1 N–H and O–H groups in total. The molecule has 28 heavy (non-hydrogen) atoms. The van der Waals surface area contributed by atoms with Crippen LogP contribution in [0.3, 0.4) is 0 Å². The lowest BCUT2D eigenvalue weighted by Gasteiger charge is -2.24. The van der Waals surface area contributed by atoms with Crippen molar-refractivity contribution in [2.45, 2.75) is 12.5 Å². The summed E-state index contributed by atoms with van der Waals surface area (Å²) in [5.74, 6) is 0.719. The number of amides is 1. The maximum absolute atomic E-state index is 12.6. The molecule has 1 atom stereocenters. The third-order valence-electron chi connectivity index (χ3n) is 5.01. The number of fused-ring (bicyclic) bond motifs is 1. The van der Waals surface area contributed by atoms with Gasteiger partial charge in [0.15, 0.2) is 9.84 Å². The van der Waals surface area contributed by atoms with Crippen molar-refractivity contribution in [3.8, 4) is 0 Å². The second-order valence-electron chi connectivity index (χ2n) is 6.91. The van der Waals surface area contributed by atoms with Crippen LogP contribution in [-0.4, -0.2) is 48.9 Å². The molecule has 2 aromatic heterocycles. The average Bonchev–Trinajstić information content (AvgIpc) is 3.07. The SMILES string of the molecule is CN(c1ccc(C(=O)Nc2cccc3cccnc23)cn1)C1CCS(=O)(=O)C1. The van der Waals surface area contributed by atoms with Crippen molar-refractivity contribution < 1.29 is 13.2 Å². The van der Waals surface area contributed by atoms with Gasteiger partial charge in [-0.15, -0.1) is 0 Å². The second kappa shape index (κ2) is 7.20. The number of hydrogen-bond donors (Lipinski definition) is 1. The summed E-state index contributed by atoms with van der Waals surface area (Å²) >= 11 is 0. The zero-order valence-electron chi connectivity index (χ0n) is 15.4. The van der Waals surface area contributed by atoms with Gasteiger partial charge in [-0.25, -0.2) is 13.4 Å². The topological polar surface area (TPSA) is 92.3 Å². The predicted octanol–water partition coefficient (Wildman–Crippen LogP) is 2.51. The molecule has 1 saturated heterocycles. The van der Waals surface area contributed by atoms with E-state index >= 15 is 0 Å². The largest absolute Gasteiger partial charge is 0.356 e. The molecule has 3 aromatic rings. The highest BCUT2D eigenvalue weighted by Gasteiger charge is 2.31. The molecule has 0 aliphatic carbocycles. The van der Waals surface area contributed by atoms with E-state index in [1.54, 1.807) is 18.3 Å². The molecule has 1 aliphatic rings. The molecular formula is C20H20N4O3S. The summed E-state index contributed by atoms with van der Waals surface area (Å²) in [6.07, 6.45) is 3.79. The first-order valence-corrected chi connectivity index (χ1v) is 10.8. The molecule has 3 heterocycles. The highest BCUT2D eigenvalue weighted by atomic mass is 32.2. The Balaban J connectivity index is 1.50. The summed E-state index contributed by atoms with van der Waals surface area (Å²) in [4.78, 5) is 23.2. The van der Waals surface area contributed by atoms with Gasteiger partial charge in [-0.3, -0.25) is 9.78 Å². The maximum atomic E-state index is 12.6. The van der Waals surface area contributed by atoms with Crippen LogP contribution in [0.5, 0.6) is 0 Å². The Morgan fingerprint density at radius 1 is 1.14 bits per heavy atom. The minimum atomic E-state index is -2.96. The summed E-state index contributed by atoms with van der Waals surface area (Å²) in [6.45, 7) is 0. The van der Waals surface area contributed by atoms with Gasteiger partial charge >= 0.3 is 0 Å². The minimum absolute atomic E-state index is 0.0843. The van der Waals surface area contributed by atoms with Crippen LogP contribution in [0.15, 0.2) is 54.9 Å². The quantitative estimate of drug-likeness (QED) is 0.728. The lowest BCUT2D eigenvalue weighted by atomic mass is 10.2. The number of carbonyl (C=O) groups is 1. The van der Waals surface area contributed by atoms with Gasteiger partial charge in [0.1, 0.15) is 5.82 Å². The van der Waals surface area contributed by atoms with Crippen molar-refractivity contribution in [2.75, 3.05) is 28.8 Å².